The monoisotopic (exact) mass is 249 g/mol. The van der Waals surface area contributed by atoms with Crippen LogP contribution in [0.25, 0.3) is 0 Å². The molecule has 1 aliphatic carbocycles. The molecule has 0 aliphatic heterocycles. The molecule has 1 aromatic heterocycles. The molecule has 3 heteroatoms. The lowest BCUT2D eigenvalue weighted by molar-refractivity contribution is 0.336. The van der Waals surface area contributed by atoms with E-state index in [1.165, 1.54) is 50.0 Å². The molecular weight excluding hydrogens is 222 g/mol. The lowest BCUT2D eigenvalue weighted by Gasteiger charge is -2.21. The summed E-state index contributed by atoms with van der Waals surface area (Å²) in [5.74, 6) is 2.16. The molecule has 0 bridgehead atoms. The minimum absolute atomic E-state index is 0.0841. The zero-order valence-corrected chi connectivity index (χ0v) is 11.9. The van der Waals surface area contributed by atoms with Crippen molar-refractivity contribution < 1.29 is 0 Å². The van der Waals surface area contributed by atoms with E-state index in [-0.39, 0.29) is 6.04 Å². The number of hydrogen-bond donors (Lipinski definition) is 1. The third-order valence-corrected chi connectivity index (χ3v) is 4.25. The highest BCUT2D eigenvalue weighted by atomic mass is 15.1. The van der Waals surface area contributed by atoms with Gasteiger partial charge in [-0.15, -0.1) is 0 Å². The summed E-state index contributed by atoms with van der Waals surface area (Å²) < 4.78 is 2.30. The fraction of sp³-hybridized carbons (Fsp3) is 0.800. The van der Waals surface area contributed by atoms with Gasteiger partial charge in [-0.3, -0.25) is 0 Å². The van der Waals surface area contributed by atoms with Crippen molar-refractivity contribution in [1.82, 2.24) is 9.55 Å². The minimum atomic E-state index is 0.0841. The summed E-state index contributed by atoms with van der Waals surface area (Å²) in [4.78, 5) is 4.58. The average Bonchev–Trinajstić information content (AvgIpc) is 2.80. The van der Waals surface area contributed by atoms with Crippen molar-refractivity contribution in [2.75, 3.05) is 0 Å². The zero-order chi connectivity index (χ0) is 13.0. The third-order valence-electron chi connectivity index (χ3n) is 4.25. The second-order valence-electron chi connectivity index (χ2n) is 5.67. The molecule has 0 aromatic carbocycles. The van der Waals surface area contributed by atoms with Crippen LogP contribution in [0.4, 0.5) is 0 Å². The predicted molar refractivity (Wildman–Crippen MR) is 75.4 cm³/mol. The van der Waals surface area contributed by atoms with Crippen LogP contribution in [0.3, 0.4) is 0 Å². The maximum absolute atomic E-state index is 5.98. The molecule has 1 aromatic rings. The number of nitrogens with zero attached hydrogens (tertiary/aromatic N) is 2. The predicted octanol–water partition coefficient (Wildman–Crippen LogP) is 3.44. The molecule has 2 rings (SSSR count). The summed E-state index contributed by atoms with van der Waals surface area (Å²) in [6.45, 7) is 5.20. The molecule has 1 unspecified atom stereocenters. The molecule has 18 heavy (non-hydrogen) atoms. The highest BCUT2D eigenvalue weighted by molar-refractivity contribution is 5.09. The normalized spacial score (nSPS) is 19.1. The molecular formula is C15H27N3. The van der Waals surface area contributed by atoms with Gasteiger partial charge in [-0.25, -0.2) is 4.98 Å². The number of imidazole rings is 1. The smallest absolute Gasteiger partial charge is 0.108 e. The van der Waals surface area contributed by atoms with E-state index in [4.69, 9.17) is 5.73 Å². The van der Waals surface area contributed by atoms with Crippen LogP contribution in [0, 0.1) is 5.92 Å². The SMILES string of the molecule is CCn1c(C(C)N)cnc1CCC1CCCCC1. The first-order chi connectivity index (χ1) is 8.72. The molecule has 3 nitrogen and oxygen atoms in total. The lowest BCUT2D eigenvalue weighted by Crippen LogP contribution is -2.14. The summed E-state index contributed by atoms with van der Waals surface area (Å²) in [5.41, 5.74) is 7.16. The molecule has 0 radical (unpaired) electrons. The van der Waals surface area contributed by atoms with Crippen molar-refractivity contribution in [3.63, 3.8) is 0 Å². The fourth-order valence-corrected chi connectivity index (χ4v) is 3.17. The van der Waals surface area contributed by atoms with Crippen LogP contribution < -0.4 is 5.73 Å². The Morgan fingerprint density at radius 1 is 1.39 bits per heavy atom. The van der Waals surface area contributed by atoms with Crippen LogP contribution in [-0.4, -0.2) is 9.55 Å². The number of rotatable bonds is 5. The maximum atomic E-state index is 5.98. The molecule has 0 amide bonds. The van der Waals surface area contributed by atoms with Gasteiger partial charge in [0.2, 0.25) is 0 Å². The summed E-state index contributed by atoms with van der Waals surface area (Å²) in [6.07, 6.45) is 11.5. The van der Waals surface area contributed by atoms with Crippen LogP contribution in [0.1, 0.15) is 69.9 Å². The van der Waals surface area contributed by atoms with Crippen molar-refractivity contribution in [3.8, 4) is 0 Å². The van der Waals surface area contributed by atoms with E-state index < -0.39 is 0 Å². The number of aryl methyl sites for hydroxylation is 1. The van der Waals surface area contributed by atoms with E-state index in [1.54, 1.807) is 0 Å². The van der Waals surface area contributed by atoms with Crippen LogP contribution in [0.15, 0.2) is 6.20 Å². The van der Waals surface area contributed by atoms with Gasteiger partial charge in [0.25, 0.3) is 0 Å². The van der Waals surface area contributed by atoms with Gasteiger partial charge in [0.15, 0.2) is 0 Å². The van der Waals surface area contributed by atoms with Crippen molar-refractivity contribution in [2.24, 2.45) is 11.7 Å². The van der Waals surface area contributed by atoms with Crippen LogP contribution >= 0.6 is 0 Å². The van der Waals surface area contributed by atoms with Gasteiger partial charge in [-0.05, 0) is 26.2 Å². The molecule has 102 valence electrons. The van der Waals surface area contributed by atoms with Crippen LogP contribution in [-0.2, 0) is 13.0 Å². The number of aromatic nitrogens is 2. The van der Waals surface area contributed by atoms with E-state index in [1.807, 2.05) is 13.1 Å². The largest absolute Gasteiger partial charge is 0.331 e. The molecule has 1 heterocycles. The topological polar surface area (TPSA) is 43.8 Å². The minimum Gasteiger partial charge on any atom is -0.331 e. The standard InChI is InChI=1S/C15H27N3/c1-3-18-14(12(2)16)11-17-15(18)10-9-13-7-5-4-6-8-13/h11-13H,3-10,16H2,1-2H3. The second kappa shape index (κ2) is 6.37. The Bertz CT molecular complexity index is 362. The van der Waals surface area contributed by atoms with E-state index in [0.29, 0.717) is 0 Å². The molecule has 0 saturated heterocycles. The van der Waals surface area contributed by atoms with Crippen molar-refractivity contribution in [3.05, 3.63) is 17.7 Å². The van der Waals surface area contributed by atoms with Crippen molar-refractivity contribution >= 4 is 0 Å². The van der Waals surface area contributed by atoms with E-state index in [2.05, 4.69) is 16.5 Å². The first kappa shape index (κ1) is 13.6. The Kier molecular flexibility index (Phi) is 4.81. The molecule has 1 saturated carbocycles. The third kappa shape index (κ3) is 3.14. The molecule has 1 aliphatic rings. The Morgan fingerprint density at radius 3 is 2.72 bits per heavy atom. The summed E-state index contributed by atoms with van der Waals surface area (Å²) >= 11 is 0. The summed E-state index contributed by atoms with van der Waals surface area (Å²) in [6, 6.07) is 0.0841. The quantitative estimate of drug-likeness (QED) is 0.868. The fourth-order valence-electron chi connectivity index (χ4n) is 3.17. The molecule has 1 atom stereocenters. The number of hydrogen-bond acceptors (Lipinski definition) is 2. The highest BCUT2D eigenvalue weighted by Gasteiger charge is 2.16. The maximum Gasteiger partial charge on any atom is 0.108 e. The van der Waals surface area contributed by atoms with Crippen LogP contribution in [0.5, 0.6) is 0 Å². The molecule has 2 N–H and O–H groups in total. The Balaban J connectivity index is 1.96. The van der Waals surface area contributed by atoms with Crippen LogP contribution in [0.2, 0.25) is 0 Å². The Labute approximate surface area is 111 Å². The van der Waals surface area contributed by atoms with E-state index in [9.17, 15) is 0 Å². The zero-order valence-electron chi connectivity index (χ0n) is 11.9. The first-order valence-electron chi connectivity index (χ1n) is 7.52. The Morgan fingerprint density at radius 2 is 2.11 bits per heavy atom. The summed E-state index contributed by atoms with van der Waals surface area (Å²) in [5, 5.41) is 0. The van der Waals surface area contributed by atoms with Gasteiger partial charge >= 0.3 is 0 Å². The van der Waals surface area contributed by atoms with Crippen molar-refractivity contribution in [2.45, 2.75) is 71.4 Å². The molecule has 1 fully saturated rings. The van der Waals surface area contributed by atoms with E-state index in [0.717, 1.165) is 18.9 Å². The van der Waals surface area contributed by atoms with Gasteiger partial charge in [0.05, 0.1) is 11.9 Å². The van der Waals surface area contributed by atoms with Gasteiger partial charge in [-0.1, -0.05) is 32.1 Å². The van der Waals surface area contributed by atoms with Gasteiger partial charge in [0.1, 0.15) is 5.82 Å². The molecule has 0 spiro atoms. The lowest BCUT2D eigenvalue weighted by atomic mass is 9.86. The number of nitrogens with two attached hydrogens (primary N) is 1. The van der Waals surface area contributed by atoms with E-state index >= 15 is 0 Å². The van der Waals surface area contributed by atoms with Crippen molar-refractivity contribution in [1.29, 1.82) is 0 Å². The Hall–Kier alpha value is -0.830. The average molecular weight is 249 g/mol. The first-order valence-corrected chi connectivity index (χ1v) is 7.52. The van der Waals surface area contributed by atoms with Gasteiger partial charge in [-0.2, -0.15) is 0 Å². The summed E-state index contributed by atoms with van der Waals surface area (Å²) in [7, 11) is 0. The second-order valence-corrected chi connectivity index (χ2v) is 5.67. The van der Waals surface area contributed by atoms with Gasteiger partial charge in [0, 0.05) is 19.0 Å². The van der Waals surface area contributed by atoms with Gasteiger partial charge < -0.3 is 10.3 Å². The highest BCUT2D eigenvalue weighted by Crippen LogP contribution is 2.27.